The Balaban J connectivity index is 2.02. The van der Waals surface area contributed by atoms with Crippen molar-refractivity contribution in [3.63, 3.8) is 0 Å². The van der Waals surface area contributed by atoms with Crippen LogP contribution in [0.4, 0.5) is 5.69 Å². The maximum absolute atomic E-state index is 12.2. The van der Waals surface area contributed by atoms with Gasteiger partial charge in [-0.2, -0.15) is 0 Å². The molecule has 0 fully saturated rings. The lowest BCUT2D eigenvalue weighted by Crippen LogP contribution is -2.28. The molecule has 0 heterocycles. The van der Waals surface area contributed by atoms with Gasteiger partial charge in [0, 0.05) is 19.2 Å². The summed E-state index contributed by atoms with van der Waals surface area (Å²) >= 11 is 0. The van der Waals surface area contributed by atoms with Gasteiger partial charge in [0.15, 0.2) is 0 Å². The molecular weight excluding hydrogens is 316 g/mol. The summed E-state index contributed by atoms with van der Waals surface area (Å²) in [6.45, 7) is 1.25. The van der Waals surface area contributed by atoms with Gasteiger partial charge in [-0.1, -0.05) is 30.3 Å². The lowest BCUT2D eigenvalue weighted by atomic mass is 10.1. The van der Waals surface area contributed by atoms with Crippen LogP contribution in [0.15, 0.2) is 59.5 Å². The molecule has 1 atom stereocenters. The Kier molecular flexibility index (Phi) is 5.49. The van der Waals surface area contributed by atoms with Crippen LogP contribution in [0.2, 0.25) is 0 Å². The van der Waals surface area contributed by atoms with Gasteiger partial charge in [0.1, 0.15) is 0 Å². The molecule has 0 radical (unpaired) electrons. The van der Waals surface area contributed by atoms with Crippen molar-refractivity contribution >= 4 is 21.6 Å². The number of carbonyl (C=O) groups is 1. The number of nitrogens with one attached hydrogen (secondary N) is 2. The third-order valence-corrected chi connectivity index (χ3v) is 4.58. The minimum atomic E-state index is -3.73. The van der Waals surface area contributed by atoms with Gasteiger partial charge < -0.3 is 10.4 Å². The Morgan fingerprint density at radius 2 is 1.70 bits per heavy atom. The molecule has 2 rings (SSSR count). The van der Waals surface area contributed by atoms with E-state index in [9.17, 15) is 18.3 Å². The van der Waals surface area contributed by atoms with Crippen LogP contribution < -0.4 is 10.0 Å². The number of benzene rings is 2. The van der Waals surface area contributed by atoms with Gasteiger partial charge in [-0.25, -0.2) is 13.1 Å². The maximum Gasteiger partial charge on any atom is 0.240 e. The Morgan fingerprint density at radius 3 is 2.26 bits per heavy atom. The summed E-state index contributed by atoms with van der Waals surface area (Å²) in [7, 11) is -3.73. The van der Waals surface area contributed by atoms with Gasteiger partial charge in [-0.3, -0.25) is 4.79 Å². The molecule has 0 bridgehead atoms. The zero-order chi connectivity index (χ0) is 16.9. The van der Waals surface area contributed by atoms with Crippen molar-refractivity contribution in [3.05, 3.63) is 60.2 Å². The molecule has 0 aliphatic carbocycles. The van der Waals surface area contributed by atoms with E-state index in [1.807, 2.05) is 6.07 Å². The highest BCUT2D eigenvalue weighted by molar-refractivity contribution is 7.89. The van der Waals surface area contributed by atoms with Crippen LogP contribution in [-0.4, -0.2) is 26.0 Å². The first-order valence-corrected chi connectivity index (χ1v) is 8.47. The molecule has 1 amide bonds. The molecule has 0 aromatic heterocycles. The molecule has 122 valence electrons. The minimum absolute atomic E-state index is 0.0619. The van der Waals surface area contributed by atoms with Crippen molar-refractivity contribution < 1.29 is 18.3 Å². The van der Waals surface area contributed by atoms with Crippen molar-refractivity contribution in [2.24, 2.45) is 0 Å². The highest BCUT2D eigenvalue weighted by Gasteiger charge is 2.16. The second-order valence-electron chi connectivity index (χ2n) is 4.98. The predicted octanol–water partition coefficient (Wildman–Crippen LogP) is 1.66. The summed E-state index contributed by atoms with van der Waals surface area (Å²) < 4.78 is 26.8. The smallest absolute Gasteiger partial charge is 0.240 e. The van der Waals surface area contributed by atoms with Crippen molar-refractivity contribution in [1.82, 2.24) is 4.72 Å². The molecule has 0 aliphatic rings. The van der Waals surface area contributed by atoms with Crippen LogP contribution in [0.3, 0.4) is 0 Å². The quantitative estimate of drug-likeness (QED) is 0.748. The Hall–Kier alpha value is -2.22. The molecule has 0 saturated carbocycles. The molecule has 23 heavy (non-hydrogen) atoms. The predicted molar refractivity (Wildman–Crippen MR) is 87.3 cm³/mol. The molecule has 2 aromatic carbocycles. The normalized spacial score (nSPS) is 12.6. The topological polar surface area (TPSA) is 95.5 Å². The summed E-state index contributed by atoms with van der Waals surface area (Å²) in [4.78, 5) is 11.0. The maximum atomic E-state index is 12.2. The highest BCUT2D eigenvalue weighted by atomic mass is 32.2. The lowest BCUT2D eigenvalue weighted by molar-refractivity contribution is -0.114. The van der Waals surface area contributed by atoms with Crippen LogP contribution >= 0.6 is 0 Å². The SMILES string of the molecule is CC(=O)Nc1ccc(S(=O)(=O)NC[C@@H](O)c2ccccc2)cc1. The highest BCUT2D eigenvalue weighted by Crippen LogP contribution is 2.16. The van der Waals surface area contributed by atoms with Gasteiger partial charge in [0.25, 0.3) is 0 Å². The van der Waals surface area contributed by atoms with Gasteiger partial charge in [0.05, 0.1) is 11.0 Å². The number of aliphatic hydroxyl groups is 1. The van der Waals surface area contributed by atoms with Crippen LogP contribution in [0.25, 0.3) is 0 Å². The molecular formula is C16H18N2O4S. The largest absolute Gasteiger partial charge is 0.387 e. The third kappa shape index (κ3) is 4.88. The second-order valence-corrected chi connectivity index (χ2v) is 6.75. The van der Waals surface area contributed by atoms with E-state index in [1.165, 1.54) is 31.2 Å². The summed E-state index contributed by atoms with van der Waals surface area (Å²) in [5, 5.41) is 12.6. The van der Waals surface area contributed by atoms with Crippen molar-refractivity contribution in [1.29, 1.82) is 0 Å². The molecule has 0 saturated heterocycles. The Labute approximate surface area is 135 Å². The van der Waals surface area contributed by atoms with Gasteiger partial charge >= 0.3 is 0 Å². The number of hydrogen-bond donors (Lipinski definition) is 3. The zero-order valence-electron chi connectivity index (χ0n) is 12.6. The molecule has 0 spiro atoms. The summed E-state index contributed by atoms with van der Waals surface area (Å²) in [5.41, 5.74) is 1.15. The molecule has 6 nitrogen and oxygen atoms in total. The molecule has 7 heteroatoms. The van der Waals surface area contributed by atoms with E-state index in [0.717, 1.165) is 0 Å². The summed E-state index contributed by atoms with van der Waals surface area (Å²) in [6.07, 6.45) is -0.926. The number of amides is 1. The van der Waals surface area contributed by atoms with Crippen molar-refractivity contribution in [3.8, 4) is 0 Å². The van der Waals surface area contributed by atoms with E-state index in [1.54, 1.807) is 24.3 Å². The number of aliphatic hydroxyl groups excluding tert-OH is 1. The Morgan fingerprint density at radius 1 is 1.09 bits per heavy atom. The number of carbonyl (C=O) groups excluding carboxylic acids is 1. The number of anilines is 1. The fraction of sp³-hybridized carbons (Fsp3) is 0.188. The first kappa shape index (κ1) is 17.1. The Bertz CT molecular complexity index is 758. The number of rotatable bonds is 6. The van der Waals surface area contributed by atoms with E-state index in [0.29, 0.717) is 11.3 Å². The number of hydrogen-bond acceptors (Lipinski definition) is 4. The average Bonchev–Trinajstić information content (AvgIpc) is 2.53. The van der Waals surface area contributed by atoms with E-state index in [2.05, 4.69) is 10.0 Å². The van der Waals surface area contributed by atoms with Gasteiger partial charge in [-0.05, 0) is 29.8 Å². The first-order chi connectivity index (χ1) is 10.9. The first-order valence-electron chi connectivity index (χ1n) is 6.99. The fourth-order valence-electron chi connectivity index (χ4n) is 1.99. The zero-order valence-corrected chi connectivity index (χ0v) is 13.4. The van der Waals surface area contributed by atoms with E-state index in [-0.39, 0.29) is 17.3 Å². The third-order valence-electron chi connectivity index (χ3n) is 3.14. The van der Waals surface area contributed by atoms with Gasteiger partial charge in [0.2, 0.25) is 15.9 Å². The molecule has 0 unspecified atom stereocenters. The van der Waals surface area contributed by atoms with Crippen LogP contribution in [0.5, 0.6) is 0 Å². The monoisotopic (exact) mass is 334 g/mol. The van der Waals surface area contributed by atoms with Gasteiger partial charge in [-0.15, -0.1) is 0 Å². The van der Waals surface area contributed by atoms with E-state index in [4.69, 9.17) is 0 Å². The minimum Gasteiger partial charge on any atom is -0.387 e. The standard InChI is InChI=1S/C16H18N2O4S/c1-12(19)18-14-7-9-15(10-8-14)23(21,22)17-11-16(20)13-5-3-2-4-6-13/h2-10,16-17,20H,11H2,1H3,(H,18,19)/t16-/m1/s1. The molecule has 0 aliphatic heterocycles. The van der Waals surface area contributed by atoms with Crippen LogP contribution in [0, 0.1) is 0 Å². The molecule has 3 N–H and O–H groups in total. The van der Waals surface area contributed by atoms with E-state index >= 15 is 0 Å². The fourth-order valence-corrected chi connectivity index (χ4v) is 3.02. The number of sulfonamides is 1. The van der Waals surface area contributed by atoms with E-state index < -0.39 is 16.1 Å². The lowest BCUT2D eigenvalue weighted by Gasteiger charge is -2.13. The second kappa shape index (κ2) is 7.36. The van der Waals surface area contributed by atoms with Crippen molar-refractivity contribution in [2.45, 2.75) is 17.9 Å². The summed E-state index contributed by atoms with van der Waals surface area (Å²) in [6, 6.07) is 14.6. The van der Waals surface area contributed by atoms with Crippen LogP contribution in [-0.2, 0) is 14.8 Å². The summed E-state index contributed by atoms with van der Waals surface area (Å²) in [5.74, 6) is -0.232. The average molecular weight is 334 g/mol. The van der Waals surface area contributed by atoms with Crippen molar-refractivity contribution in [2.75, 3.05) is 11.9 Å². The van der Waals surface area contributed by atoms with Crippen LogP contribution in [0.1, 0.15) is 18.6 Å². The molecule has 2 aromatic rings.